The van der Waals surface area contributed by atoms with Gasteiger partial charge in [0.15, 0.2) is 0 Å². The Labute approximate surface area is 110 Å². The molecule has 0 radical (unpaired) electrons. The van der Waals surface area contributed by atoms with Crippen molar-refractivity contribution in [3.8, 4) is 11.5 Å². The van der Waals surface area contributed by atoms with Crippen molar-refractivity contribution < 1.29 is 14.3 Å². The molecule has 19 heavy (non-hydrogen) atoms. The minimum absolute atomic E-state index is 0.0510. The molecule has 102 valence electrons. The third kappa shape index (κ3) is 3.18. The number of H-pyrrole nitrogens is 1. The minimum atomic E-state index is -0.838. The Balaban J connectivity index is 2.14. The fourth-order valence-electron chi connectivity index (χ4n) is 1.88. The molecular formula is C12H16N4O3. The van der Waals surface area contributed by atoms with Gasteiger partial charge < -0.3 is 9.52 Å². The maximum Gasteiger partial charge on any atom is 0.303 e. The van der Waals surface area contributed by atoms with Crippen LogP contribution in [0.5, 0.6) is 0 Å². The first-order chi connectivity index (χ1) is 8.87. The number of carbonyl (C=O) groups is 1. The number of aliphatic carboxylic acids is 1. The Morgan fingerprint density at radius 3 is 2.79 bits per heavy atom. The van der Waals surface area contributed by atoms with Gasteiger partial charge >= 0.3 is 5.97 Å². The monoisotopic (exact) mass is 264 g/mol. The fourth-order valence-corrected chi connectivity index (χ4v) is 1.88. The second kappa shape index (κ2) is 4.83. The lowest BCUT2D eigenvalue weighted by molar-refractivity contribution is -0.139. The standard InChI is InChI=1S/C12H16N4O3/c1-7-8(6-13-14-7)11-16-15-9(19-11)4-12(2,3)5-10(17)18/h6H,4-5H2,1-3H3,(H,13,14)(H,17,18). The Kier molecular flexibility index (Phi) is 3.37. The van der Waals surface area contributed by atoms with E-state index in [1.54, 1.807) is 6.20 Å². The predicted molar refractivity (Wildman–Crippen MR) is 66.4 cm³/mol. The molecule has 2 heterocycles. The van der Waals surface area contributed by atoms with Crippen LogP contribution in [0.3, 0.4) is 0 Å². The second-order valence-corrected chi connectivity index (χ2v) is 5.32. The Bertz CT molecular complexity index is 585. The molecule has 0 aliphatic rings. The number of nitrogens with zero attached hydrogens (tertiary/aromatic N) is 3. The van der Waals surface area contributed by atoms with Gasteiger partial charge in [-0.2, -0.15) is 5.10 Å². The van der Waals surface area contributed by atoms with Crippen LogP contribution >= 0.6 is 0 Å². The van der Waals surface area contributed by atoms with Crippen molar-refractivity contribution >= 4 is 5.97 Å². The van der Waals surface area contributed by atoms with Crippen LogP contribution < -0.4 is 0 Å². The van der Waals surface area contributed by atoms with E-state index in [-0.39, 0.29) is 6.42 Å². The number of carboxylic acid groups (broad SMARTS) is 1. The highest BCUT2D eigenvalue weighted by Crippen LogP contribution is 2.27. The van der Waals surface area contributed by atoms with Crippen LogP contribution in [0.15, 0.2) is 10.6 Å². The highest BCUT2D eigenvalue weighted by Gasteiger charge is 2.25. The molecule has 7 nitrogen and oxygen atoms in total. The van der Waals surface area contributed by atoms with E-state index >= 15 is 0 Å². The summed E-state index contributed by atoms with van der Waals surface area (Å²) in [5.74, 6) is -0.00959. The van der Waals surface area contributed by atoms with Crippen LogP contribution in [0, 0.1) is 12.3 Å². The number of aromatic amines is 1. The largest absolute Gasteiger partial charge is 0.481 e. The SMILES string of the molecule is Cc1[nH]ncc1-c1nnc(CC(C)(C)CC(=O)O)o1. The van der Waals surface area contributed by atoms with E-state index in [2.05, 4.69) is 20.4 Å². The number of aromatic nitrogens is 4. The molecule has 2 aromatic rings. The summed E-state index contributed by atoms with van der Waals surface area (Å²) >= 11 is 0. The summed E-state index contributed by atoms with van der Waals surface area (Å²) in [6.45, 7) is 5.57. The van der Waals surface area contributed by atoms with Crippen LogP contribution in [-0.2, 0) is 11.2 Å². The number of rotatable bonds is 5. The average Bonchev–Trinajstić information content (AvgIpc) is 2.84. The van der Waals surface area contributed by atoms with Crippen molar-refractivity contribution in [2.45, 2.75) is 33.6 Å². The van der Waals surface area contributed by atoms with Gasteiger partial charge in [0.1, 0.15) is 0 Å². The summed E-state index contributed by atoms with van der Waals surface area (Å²) in [7, 11) is 0. The normalized spacial score (nSPS) is 11.7. The van der Waals surface area contributed by atoms with Gasteiger partial charge in [-0.1, -0.05) is 13.8 Å². The Morgan fingerprint density at radius 1 is 1.47 bits per heavy atom. The fraction of sp³-hybridized carbons (Fsp3) is 0.500. The van der Waals surface area contributed by atoms with E-state index in [4.69, 9.17) is 9.52 Å². The molecule has 0 aliphatic heterocycles. The van der Waals surface area contributed by atoms with Crippen LogP contribution in [0.25, 0.3) is 11.5 Å². The van der Waals surface area contributed by atoms with Gasteiger partial charge in [-0.05, 0) is 12.3 Å². The molecule has 2 rings (SSSR count). The summed E-state index contributed by atoms with van der Waals surface area (Å²) in [5.41, 5.74) is 1.18. The van der Waals surface area contributed by atoms with Gasteiger partial charge in [-0.15, -0.1) is 10.2 Å². The molecule has 0 unspecified atom stereocenters. The zero-order chi connectivity index (χ0) is 14.0. The van der Waals surface area contributed by atoms with E-state index in [1.807, 2.05) is 20.8 Å². The van der Waals surface area contributed by atoms with Crippen molar-refractivity contribution in [3.05, 3.63) is 17.8 Å². The molecule has 0 saturated heterocycles. The summed E-state index contributed by atoms with van der Waals surface area (Å²) in [6.07, 6.45) is 2.09. The van der Waals surface area contributed by atoms with Crippen molar-refractivity contribution in [1.29, 1.82) is 0 Å². The summed E-state index contributed by atoms with van der Waals surface area (Å²) in [5, 5.41) is 23.4. The first-order valence-electron chi connectivity index (χ1n) is 5.92. The molecule has 2 N–H and O–H groups in total. The van der Waals surface area contributed by atoms with Gasteiger partial charge in [0, 0.05) is 12.1 Å². The molecule has 0 fully saturated rings. The number of hydrogen-bond acceptors (Lipinski definition) is 5. The molecule has 2 aromatic heterocycles. The topological polar surface area (TPSA) is 105 Å². The smallest absolute Gasteiger partial charge is 0.303 e. The maximum absolute atomic E-state index is 10.8. The van der Waals surface area contributed by atoms with Crippen molar-refractivity contribution in [1.82, 2.24) is 20.4 Å². The summed E-state index contributed by atoms with van der Waals surface area (Å²) < 4.78 is 5.55. The number of hydrogen-bond donors (Lipinski definition) is 2. The lowest BCUT2D eigenvalue weighted by atomic mass is 9.86. The lowest BCUT2D eigenvalue weighted by Gasteiger charge is -2.19. The van der Waals surface area contributed by atoms with E-state index in [0.717, 1.165) is 11.3 Å². The third-order valence-electron chi connectivity index (χ3n) is 2.79. The number of nitrogens with one attached hydrogen (secondary N) is 1. The van der Waals surface area contributed by atoms with Gasteiger partial charge in [-0.25, -0.2) is 0 Å². The minimum Gasteiger partial charge on any atom is -0.481 e. The van der Waals surface area contributed by atoms with Gasteiger partial charge in [0.2, 0.25) is 5.89 Å². The molecule has 0 aliphatic carbocycles. The first kappa shape index (κ1) is 13.3. The Morgan fingerprint density at radius 2 is 2.21 bits per heavy atom. The van der Waals surface area contributed by atoms with Crippen molar-refractivity contribution in [2.75, 3.05) is 0 Å². The van der Waals surface area contributed by atoms with Crippen molar-refractivity contribution in [2.24, 2.45) is 5.41 Å². The van der Waals surface area contributed by atoms with E-state index in [1.165, 1.54) is 0 Å². The quantitative estimate of drug-likeness (QED) is 0.853. The molecule has 0 atom stereocenters. The second-order valence-electron chi connectivity index (χ2n) is 5.32. The van der Waals surface area contributed by atoms with Gasteiger partial charge in [-0.3, -0.25) is 9.89 Å². The van der Waals surface area contributed by atoms with Gasteiger partial charge in [0.25, 0.3) is 5.89 Å². The third-order valence-corrected chi connectivity index (χ3v) is 2.79. The predicted octanol–water partition coefficient (Wildman–Crippen LogP) is 1.81. The zero-order valence-corrected chi connectivity index (χ0v) is 11.1. The van der Waals surface area contributed by atoms with Crippen LogP contribution in [0.2, 0.25) is 0 Å². The average molecular weight is 264 g/mol. The van der Waals surface area contributed by atoms with E-state index in [0.29, 0.717) is 18.2 Å². The maximum atomic E-state index is 10.8. The highest BCUT2D eigenvalue weighted by atomic mass is 16.4. The molecule has 0 spiro atoms. The van der Waals surface area contributed by atoms with E-state index < -0.39 is 11.4 Å². The zero-order valence-electron chi connectivity index (χ0n) is 11.1. The molecular weight excluding hydrogens is 248 g/mol. The van der Waals surface area contributed by atoms with Crippen LogP contribution in [0.4, 0.5) is 0 Å². The van der Waals surface area contributed by atoms with Gasteiger partial charge in [0.05, 0.1) is 18.2 Å². The van der Waals surface area contributed by atoms with Crippen LogP contribution in [0.1, 0.15) is 31.9 Å². The Hall–Kier alpha value is -2.18. The highest BCUT2D eigenvalue weighted by molar-refractivity contribution is 5.67. The van der Waals surface area contributed by atoms with Crippen LogP contribution in [-0.4, -0.2) is 31.5 Å². The first-order valence-corrected chi connectivity index (χ1v) is 5.92. The van der Waals surface area contributed by atoms with Crippen molar-refractivity contribution in [3.63, 3.8) is 0 Å². The molecule has 0 amide bonds. The molecule has 0 saturated carbocycles. The summed E-state index contributed by atoms with van der Waals surface area (Å²) in [4.78, 5) is 10.8. The molecule has 7 heteroatoms. The summed E-state index contributed by atoms with van der Waals surface area (Å²) in [6, 6.07) is 0. The molecule has 0 bridgehead atoms. The molecule has 0 aromatic carbocycles. The van der Waals surface area contributed by atoms with E-state index in [9.17, 15) is 4.79 Å². The number of carboxylic acids is 1. The number of aryl methyl sites for hydroxylation is 1. The lowest BCUT2D eigenvalue weighted by Crippen LogP contribution is -2.19.